The number of aliphatic hydroxyl groups excluding tert-OH is 1. The lowest BCUT2D eigenvalue weighted by Crippen LogP contribution is -2.36. The molecule has 0 spiro atoms. The van der Waals surface area contributed by atoms with Gasteiger partial charge in [0.2, 0.25) is 0 Å². The van der Waals surface area contributed by atoms with Gasteiger partial charge in [0.05, 0.1) is 17.7 Å². The van der Waals surface area contributed by atoms with Crippen LogP contribution in [0.1, 0.15) is 42.5 Å². The third-order valence-electron chi connectivity index (χ3n) is 6.32. The Kier molecular flexibility index (Phi) is 5.43. The van der Waals surface area contributed by atoms with E-state index in [-0.39, 0.29) is 23.5 Å². The van der Waals surface area contributed by atoms with E-state index in [1.165, 1.54) is 4.90 Å². The predicted octanol–water partition coefficient (Wildman–Crippen LogP) is 4.26. The average molecular weight is 454 g/mol. The Labute approximate surface area is 191 Å². The van der Waals surface area contributed by atoms with Gasteiger partial charge < -0.3 is 19.5 Å². The van der Waals surface area contributed by atoms with Crippen LogP contribution in [-0.2, 0) is 20.7 Å². The second kappa shape index (κ2) is 8.26. The monoisotopic (exact) mass is 453 g/mol. The van der Waals surface area contributed by atoms with Crippen LogP contribution in [0.5, 0.6) is 5.75 Å². The molecule has 3 atom stereocenters. The van der Waals surface area contributed by atoms with Crippen molar-refractivity contribution in [3.05, 3.63) is 69.8 Å². The van der Waals surface area contributed by atoms with Crippen molar-refractivity contribution < 1.29 is 24.2 Å². The number of aliphatic hydroxyl groups is 1. The minimum Gasteiger partial charge on any atom is -0.507 e. The predicted molar refractivity (Wildman–Crippen MR) is 120 cm³/mol. The van der Waals surface area contributed by atoms with E-state index in [1.54, 1.807) is 36.4 Å². The fraction of sp³-hybridized carbons (Fsp3) is 0.360. The third-order valence-corrected chi connectivity index (χ3v) is 6.57. The van der Waals surface area contributed by atoms with Gasteiger partial charge in [-0.1, -0.05) is 23.7 Å². The van der Waals surface area contributed by atoms with Crippen molar-refractivity contribution in [2.75, 3.05) is 13.2 Å². The first-order valence-corrected chi connectivity index (χ1v) is 11.3. The van der Waals surface area contributed by atoms with Crippen molar-refractivity contribution in [1.82, 2.24) is 4.90 Å². The van der Waals surface area contributed by atoms with Gasteiger partial charge in [-0.25, -0.2) is 0 Å². The summed E-state index contributed by atoms with van der Waals surface area (Å²) in [6.45, 7) is 2.93. The number of nitrogens with zero attached hydrogens (tertiary/aromatic N) is 1. The molecule has 2 fully saturated rings. The minimum atomic E-state index is -0.708. The summed E-state index contributed by atoms with van der Waals surface area (Å²) in [5.41, 5.74) is 2.27. The maximum Gasteiger partial charge on any atom is 0.295 e. The molecule has 3 aliphatic rings. The number of benzene rings is 2. The summed E-state index contributed by atoms with van der Waals surface area (Å²) in [5, 5.41) is 11.8. The smallest absolute Gasteiger partial charge is 0.295 e. The number of hydrogen-bond acceptors (Lipinski definition) is 5. The maximum atomic E-state index is 13.1. The summed E-state index contributed by atoms with van der Waals surface area (Å²) >= 11 is 6.07. The quantitative estimate of drug-likeness (QED) is 0.425. The molecular formula is C25H24ClNO5. The standard InChI is InChI=1S/C25H24ClNO5/c1-14-11-17-12-16(6-9-20(17)32-14)23(28)21-22(15-4-7-18(26)8-5-15)27(25(30)24(21)29)13-19-3-2-10-31-19/h4-9,12,14,19,22,28H,2-3,10-11,13H2,1H3/b23-21-. The summed E-state index contributed by atoms with van der Waals surface area (Å²) in [6, 6.07) is 11.7. The maximum absolute atomic E-state index is 13.1. The third kappa shape index (κ3) is 3.67. The highest BCUT2D eigenvalue weighted by molar-refractivity contribution is 6.46. The first kappa shape index (κ1) is 21.0. The van der Waals surface area contributed by atoms with Crippen molar-refractivity contribution in [3.8, 4) is 5.75 Å². The van der Waals surface area contributed by atoms with Crippen LogP contribution in [0.4, 0.5) is 0 Å². The SMILES string of the molecule is CC1Cc2cc(/C(O)=C3/C(=O)C(=O)N(CC4CCCO4)C3c3ccc(Cl)cc3)ccc2O1. The van der Waals surface area contributed by atoms with Gasteiger partial charge in [0.1, 0.15) is 17.6 Å². The van der Waals surface area contributed by atoms with Crippen molar-refractivity contribution >= 4 is 29.1 Å². The molecule has 0 aliphatic carbocycles. The number of carbonyl (C=O) groups is 2. The van der Waals surface area contributed by atoms with Crippen LogP contribution in [-0.4, -0.2) is 47.1 Å². The number of amides is 1. The van der Waals surface area contributed by atoms with Gasteiger partial charge in [-0.3, -0.25) is 9.59 Å². The van der Waals surface area contributed by atoms with E-state index in [1.807, 2.05) is 13.0 Å². The van der Waals surface area contributed by atoms with Gasteiger partial charge in [-0.2, -0.15) is 0 Å². The largest absolute Gasteiger partial charge is 0.507 e. The summed E-state index contributed by atoms with van der Waals surface area (Å²) in [6.07, 6.45) is 2.43. The van der Waals surface area contributed by atoms with E-state index >= 15 is 0 Å². The molecule has 6 nitrogen and oxygen atoms in total. The summed E-state index contributed by atoms with van der Waals surface area (Å²) in [4.78, 5) is 27.7. The second-order valence-corrected chi connectivity index (χ2v) is 9.03. The Morgan fingerprint density at radius 1 is 1.19 bits per heavy atom. The zero-order valence-corrected chi connectivity index (χ0v) is 18.5. The number of rotatable bonds is 4. The molecule has 0 aromatic heterocycles. The first-order valence-electron chi connectivity index (χ1n) is 10.9. The average Bonchev–Trinajstić information content (AvgIpc) is 3.48. The molecule has 0 radical (unpaired) electrons. The van der Waals surface area contributed by atoms with E-state index in [4.69, 9.17) is 21.1 Å². The van der Waals surface area contributed by atoms with Gasteiger partial charge in [0, 0.05) is 30.2 Å². The summed E-state index contributed by atoms with van der Waals surface area (Å²) < 4.78 is 11.5. The Balaban J connectivity index is 1.59. The number of ketones is 1. The minimum absolute atomic E-state index is 0.0634. The molecule has 1 N–H and O–H groups in total. The lowest BCUT2D eigenvalue weighted by Gasteiger charge is -2.27. The molecule has 166 valence electrons. The number of hydrogen-bond donors (Lipinski definition) is 1. The van der Waals surface area contributed by atoms with Crippen molar-refractivity contribution in [2.45, 2.75) is 44.4 Å². The topological polar surface area (TPSA) is 76.1 Å². The van der Waals surface area contributed by atoms with Crippen LogP contribution in [0.15, 0.2) is 48.0 Å². The van der Waals surface area contributed by atoms with Crippen molar-refractivity contribution in [3.63, 3.8) is 0 Å². The number of fused-ring (bicyclic) bond motifs is 1. The zero-order chi connectivity index (χ0) is 22.4. The number of halogens is 1. The van der Waals surface area contributed by atoms with Crippen LogP contribution >= 0.6 is 11.6 Å². The van der Waals surface area contributed by atoms with Gasteiger partial charge in [-0.05, 0) is 61.2 Å². The molecule has 7 heteroatoms. The number of ether oxygens (including phenoxy) is 2. The van der Waals surface area contributed by atoms with E-state index in [2.05, 4.69) is 0 Å². The van der Waals surface area contributed by atoms with E-state index in [0.717, 1.165) is 30.6 Å². The number of carbonyl (C=O) groups excluding carboxylic acids is 2. The highest BCUT2D eigenvalue weighted by Crippen LogP contribution is 2.41. The molecule has 0 bridgehead atoms. The van der Waals surface area contributed by atoms with Crippen LogP contribution in [0.25, 0.3) is 5.76 Å². The lowest BCUT2D eigenvalue weighted by molar-refractivity contribution is -0.140. The van der Waals surface area contributed by atoms with E-state index in [9.17, 15) is 14.7 Å². The molecule has 5 rings (SSSR count). The van der Waals surface area contributed by atoms with Gasteiger partial charge in [-0.15, -0.1) is 0 Å². The molecule has 32 heavy (non-hydrogen) atoms. The summed E-state index contributed by atoms with van der Waals surface area (Å²) in [5.74, 6) is -0.715. The summed E-state index contributed by atoms with van der Waals surface area (Å²) in [7, 11) is 0. The van der Waals surface area contributed by atoms with Gasteiger partial charge >= 0.3 is 0 Å². The molecule has 2 aromatic rings. The molecular weight excluding hydrogens is 430 g/mol. The highest BCUT2D eigenvalue weighted by atomic mass is 35.5. The van der Waals surface area contributed by atoms with Crippen LogP contribution < -0.4 is 4.74 Å². The zero-order valence-electron chi connectivity index (χ0n) is 17.7. The van der Waals surface area contributed by atoms with Gasteiger partial charge in [0.25, 0.3) is 11.7 Å². The second-order valence-electron chi connectivity index (χ2n) is 8.59. The molecule has 3 unspecified atom stereocenters. The van der Waals surface area contributed by atoms with Crippen molar-refractivity contribution in [1.29, 1.82) is 0 Å². The molecule has 2 aromatic carbocycles. The molecule has 2 saturated heterocycles. The first-order chi connectivity index (χ1) is 15.4. The normalized spacial score (nSPS) is 26.4. The van der Waals surface area contributed by atoms with Crippen molar-refractivity contribution in [2.24, 2.45) is 0 Å². The van der Waals surface area contributed by atoms with E-state index < -0.39 is 17.7 Å². The molecule has 1 amide bonds. The molecule has 3 heterocycles. The Morgan fingerprint density at radius 2 is 1.97 bits per heavy atom. The number of likely N-dealkylation sites (tertiary alicyclic amines) is 1. The van der Waals surface area contributed by atoms with Crippen LogP contribution in [0, 0.1) is 0 Å². The Morgan fingerprint density at radius 3 is 2.69 bits per heavy atom. The molecule has 3 aliphatic heterocycles. The Bertz CT molecular complexity index is 1100. The number of Topliss-reactive ketones (excluding diaryl/α,β-unsaturated/α-hetero) is 1. The highest BCUT2D eigenvalue weighted by Gasteiger charge is 2.47. The fourth-order valence-corrected chi connectivity index (χ4v) is 4.92. The Hall–Kier alpha value is -2.83. The van der Waals surface area contributed by atoms with Gasteiger partial charge in [0.15, 0.2) is 0 Å². The van der Waals surface area contributed by atoms with Crippen LogP contribution in [0.3, 0.4) is 0 Å². The fourth-order valence-electron chi connectivity index (χ4n) is 4.79. The van der Waals surface area contributed by atoms with E-state index in [0.29, 0.717) is 29.3 Å². The van der Waals surface area contributed by atoms with Crippen LogP contribution in [0.2, 0.25) is 5.02 Å². The molecule has 0 saturated carbocycles. The lowest BCUT2D eigenvalue weighted by atomic mass is 9.94.